The summed E-state index contributed by atoms with van der Waals surface area (Å²) < 4.78 is 5.12. The Hall–Kier alpha value is -1.62. The van der Waals surface area contributed by atoms with Crippen LogP contribution in [0.4, 0.5) is 0 Å². The summed E-state index contributed by atoms with van der Waals surface area (Å²) in [6, 6.07) is 7.62. The Morgan fingerprint density at radius 2 is 1.58 bits per heavy atom. The van der Waals surface area contributed by atoms with Gasteiger partial charge in [0.15, 0.2) is 6.71 Å². The van der Waals surface area contributed by atoms with E-state index in [2.05, 4.69) is 0 Å². The van der Waals surface area contributed by atoms with E-state index in [0.717, 1.165) is 11.2 Å². The van der Waals surface area contributed by atoms with Crippen molar-refractivity contribution in [2.75, 3.05) is 27.2 Å². The highest BCUT2D eigenvalue weighted by molar-refractivity contribution is 6.78. The van der Waals surface area contributed by atoms with Gasteiger partial charge in [0.25, 0.3) is 0 Å². The summed E-state index contributed by atoms with van der Waals surface area (Å²) in [7, 11) is 3.43. The van der Waals surface area contributed by atoms with Crippen LogP contribution in [0.1, 0.15) is 0 Å². The van der Waals surface area contributed by atoms with E-state index in [0.29, 0.717) is 25.7 Å². The van der Waals surface area contributed by atoms with Gasteiger partial charge in [-0.25, -0.2) is 0 Å². The molecule has 0 N–H and O–H groups in total. The highest BCUT2D eigenvalue weighted by atomic mass is 16.5. The Bertz CT molecular complexity index is 452. The topological polar surface area (TPSA) is 46.6 Å². The average molecular weight is 259 g/mol. The molecular weight excluding hydrogens is 241 g/mol. The predicted molar refractivity (Wildman–Crippen MR) is 75.5 cm³/mol. The second kappa shape index (κ2) is 6.02. The SMILES string of the molecule is COc1ccc(B2CC(=O)CN(C)CC(=O)C2)cc1. The van der Waals surface area contributed by atoms with Gasteiger partial charge in [-0.2, -0.15) is 0 Å². The summed E-state index contributed by atoms with van der Waals surface area (Å²) in [6.45, 7) is 0.719. The molecule has 0 unspecified atom stereocenters. The second-order valence-corrected chi connectivity index (χ2v) is 5.13. The van der Waals surface area contributed by atoms with Crippen molar-refractivity contribution in [3.63, 3.8) is 0 Å². The number of hydrogen-bond donors (Lipinski definition) is 0. The van der Waals surface area contributed by atoms with Crippen LogP contribution in [0, 0.1) is 0 Å². The summed E-state index contributed by atoms with van der Waals surface area (Å²) in [4.78, 5) is 25.6. The first-order valence-electron chi connectivity index (χ1n) is 6.44. The molecule has 1 aromatic rings. The van der Waals surface area contributed by atoms with Crippen molar-refractivity contribution in [3.8, 4) is 5.75 Å². The normalized spacial score (nSPS) is 18.1. The van der Waals surface area contributed by atoms with Crippen molar-refractivity contribution in [3.05, 3.63) is 24.3 Å². The first-order valence-corrected chi connectivity index (χ1v) is 6.44. The van der Waals surface area contributed by atoms with Crippen LogP contribution in [0.25, 0.3) is 0 Å². The van der Waals surface area contributed by atoms with E-state index in [1.807, 2.05) is 31.3 Å². The maximum Gasteiger partial charge on any atom is 0.191 e. The van der Waals surface area contributed by atoms with E-state index < -0.39 is 0 Å². The molecule has 1 fully saturated rings. The van der Waals surface area contributed by atoms with Gasteiger partial charge in [-0.05, 0) is 31.8 Å². The third-order valence-corrected chi connectivity index (χ3v) is 3.43. The molecule has 0 aliphatic carbocycles. The van der Waals surface area contributed by atoms with E-state index >= 15 is 0 Å². The number of ketones is 2. The summed E-state index contributed by atoms with van der Waals surface area (Å²) in [5.74, 6) is 1.17. The number of rotatable bonds is 2. The molecule has 1 heterocycles. The number of likely N-dealkylation sites (N-methyl/N-ethyl adjacent to an activating group) is 1. The third kappa shape index (κ3) is 3.67. The molecule has 1 aliphatic heterocycles. The van der Waals surface area contributed by atoms with Crippen LogP contribution < -0.4 is 10.2 Å². The minimum atomic E-state index is -0.000365. The molecule has 5 heteroatoms. The first kappa shape index (κ1) is 13.8. The number of methoxy groups -OCH3 is 1. The lowest BCUT2D eigenvalue weighted by Crippen LogP contribution is -2.42. The molecule has 100 valence electrons. The smallest absolute Gasteiger partial charge is 0.191 e. The summed E-state index contributed by atoms with van der Waals surface area (Å²) >= 11 is 0. The van der Waals surface area contributed by atoms with E-state index in [1.165, 1.54) is 0 Å². The molecule has 0 radical (unpaired) electrons. The van der Waals surface area contributed by atoms with Crippen molar-refractivity contribution in [1.29, 1.82) is 0 Å². The van der Waals surface area contributed by atoms with Gasteiger partial charge in [0.1, 0.15) is 17.3 Å². The van der Waals surface area contributed by atoms with Crippen LogP contribution in [-0.2, 0) is 9.59 Å². The monoisotopic (exact) mass is 259 g/mol. The van der Waals surface area contributed by atoms with Crippen molar-refractivity contribution in [2.45, 2.75) is 12.6 Å². The number of carbonyl (C=O) groups excluding carboxylic acids is 2. The molecule has 19 heavy (non-hydrogen) atoms. The highest BCUT2D eigenvalue weighted by Gasteiger charge is 2.27. The summed E-state index contributed by atoms with van der Waals surface area (Å²) in [6.07, 6.45) is 0.866. The zero-order chi connectivity index (χ0) is 13.8. The van der Waals surface area contributed by atoms with Gasteiger partial charge in [-0.15, -0.1) is 0 Å². The zero-order valence-electron chi connectivity index (χ0n) is 11.4. The Labute approximate surface area is 113 Å². The molecule has 0 amide bonds. The second-order valence-electron chi connectivity index (χ2n) is 5.13. The lowest BCUT2D eigenvalue weighted by Gasteiger charge is -2.21. The number of ether oxygens (including phenoxy) is 1. The van der Waals surface area contributed by atoms with E-state index in [1.54, 1.807) is 12.0 Å². The molecule has 1 aliphatic rings. The van der Waals surface area contributed by atoms with E-state index in [9.17, 15) is 9.59 Å². The van der Waals surface area contributed by atoms with Crippen LogP contribution in [-0.4, -0.2) is 50.4 Å². The van der Waals surface area contributed by atoms with Crippen LogP contribution in [0.15, 0.2) is 24.3 Å². The maximum atomic E-state index is 11.9. The predicted octanol–water partition coefficient (Wildman–Crippen LogP) is 0.481. The Morgan fingerprint density at radius 3 is 2.05 bits per heavy atom. The number of Topliss-reactive ketones (excluding diaryl/α,β-unsaturated/α-hetero) is 2. The number of benzene rings is 1. The highest BCUT2D eigenvalue weighted by Crippen LogP contribution is 2.11. The number of nitrogens with zero attached hydrogens (tertiary/aromatic N) is 1. The lowest BCUT2D eigenvalue weighted by molar-refractivity contribution is -0.121. The minimum absolute atomic E-state index is 0.000365. The van der Waals surface area contributed by atoms with Gasteiger partial charge in [0, 0.05) is 0 Å². The maximum absolute atomic E-state index is 11.9. The van der Waals surface area contributed by atoms with Gasteiger partial charge in [0.05, 0.1) is 20.2 Å². The van der Waals surface area contributed by atoms with Crippen LogP contribution in [0.2, 0.25) is 12.6 Å². The van der Waals surface area contributed by atoms with Gasteiger partial charge >= 0.3 is 0 Å². The van der Waals surface area contributed by atoms with Gasteiger partial charge in [-0.1, -0.05) is 17.6 Å². The molecule has 0 spiro atoms. The van der Waals surface area contributed by atoms with E-state index in [-0.39, 0.29) is 18.3 Å². The minimum Gasteiger partial charge on any atom is -0.497 e. The number of carbonyl (C=O) groups is 2. The molecule has 0 atom stereocenters. The molecular formula is C14H18BNO3. The van der Waals surface area contributed by atoms with Crippen LogP contribution in [0.5, 0.6) is 5.75 Å². The average Bonchev–Trinajstić information content (AvgIpc) is 2.36. The fourth-order valence-electron chi connectivity index (χ4n) is 2.52. The Kier molecular flexibility index (Phi) is 4.37. The summed E-state index contributed by atoms with van der Waals surface area (Å²) in [5, 5.41) is 0. The Balaban J connectivity index is 2.16. The van der Waals surface area contributed by atoms with Gasteiger partial charge < -0.3 is 4.74 Å². The largest absolute Gasteiger partial charge is 0.497 e. The fraction of sp³-hybridized carbons (Fsp3) is 0.429. The quantitative estimate of drug-likeness (QED) is 0.725. The van der Waals surface area contributed by atoms with Crippen LogP contribution >= 0.6 is 0 Å². The van der Waals surface area contributed by atoms with Crippen molar-refractivity contribution >= 4 is 23.7 Å². The van der Waals surface area contributed by atoms with Crippen LogP contribution in [0.3, 0.4) is 0 Å². The third-order valence-electron chi connectivity index (χ3n) is 3.43. The fourth-order valence-corrected chi connectivity index (χ4v) is 2.52. The lowest BCUT2D eigenvalue weighted by atomic mass is 9.39. The standard InChI is InChI=1S/C14H18BNO3/c1-16-9-12(17)7-15(8-13(18)10-16)11-3-5-14(19-2)6-4-11/h3-6H,7-10H2,1-2H3. The first-order chi connectivity index (χ1) is 9.08. The van der Waals surface area contributed by atoms with Gasteiger partial charge in [0.2, 0.25) is 0 Å². The molecule has 0 bridgehead atoms. The molecule has 0 aromatic heterocycles. The summed E-state index contributed by atoms with van der Waals surface area (Å²) in [5.41, 5.74) is 1.03. The van der Waals surface area contributed by atoms with E-state index in [4.69, 9.17) is 4.74 Å². The van der Waals surface area contributed by atoms with Crippen molar-refractivity contribution < 1.29 is 14.3 Å². The molecule has 0 saturated carbocycles. The zero-order valence-corrected chi connectivity index (χ0v) is 11.4. The molecule has 1 aromatic carbocycles. The van der Waals surface area contributed by atoms with Gasteiger partial charge in [-0.3, -0.25) is 14.5 Å². The van der Waals surface area contributed by atoms with Crippen molar-refractivity contribution in [1.82, 2.24) is 4.90 Å². The molecule has 1 saturated heterocycles. The number of hydrogen-bond acceptors (Lipinski definition) is 4. The Morgan fingerprint density at radius 1 is 1.05 bits per heavy atom. The van der Waals surface area contributed by atoms with Crippen molar-refractivity contribution in [2.24, 2.45) is 0 Å². The molecule has 4 nitrogen and oxygen atoms in total. The molecule has 2 rings (SSSR count).